The monoisotopic (exact) mass is 416 g/mol. The highest BCUT2D eigenvalue weighted by Gasteiger charge is 2.17. The number of benzene rings is 2. The predicted octanol–water partition coefficient (Wildman–Crippen LogP) is 1.24. The fourth-order valence-electron chi connectivity index (χ4n) is 2.44. The van der Waals surface area contributed by atoms with Crippen molar-refractivity contribution >= 4 is 21.6 Å². The van der Waals surface area contributed by atoms with Crippen LogP contribution >= 0.6 is 0 Å². The lowest BCUT2D eigenvalue weighted by Crippen LogP contribution is -2.22. The minimum atomic E-state index is -3.52. The number of nitrogens with zero attached hydrogens (tertiary/aromatic N) is 5. The van der Waals surface area contributed by atoms with E-state index in [1.807, 2.05) is 12.1 Å². The van der Waals surface area contributed by atoms with E-state index in [0.29, 0.717) is 22.8 Å². The van der Waals surface area contributed by atoms with Crippen molar-refractivity contribution in [3.05, 3.63) is 48.5 Å². The van der Waals surface area contributed by atoms with E-state index >= 15 is 0 Å². The Bertz CT molecular complexity index is 1110. The Morgan fingerprint density at radius 3 is 2.55 bits per heavy atom. The molecule has 1 N–H and O–H groups in total. The molecule has 0 spiro atoms. The van der Waals surface area contributed by atoms with Crippen LogP contribution in [0.1, 0.15) is 0 Å². The summed E-state index contributed by atoms with van der Waals surface area (Å²) in [5.41, 5.74) is 1.18. The molecule has 3 aromatic rings. The van der Waals surface area contributed by atoms with Gasteiger partial charge in [-0.2, -0.15) is 4.80 Å². The molecule has 0 unspecified atom stereocenters. The minimum Gasteiger partial charge on any atom is -0.497 e. The second-order valence-corrected chi connectivity index (χ2v) is 8.39. The molecule has 3 rings (SSSR count). The van der Waals surface area contributed by atoms with Crippen LogP contribution in [-0.4, -0.2) is 60.0 Å². The van der Waals surface area contributed by atoms with Crippen LogP contribution in [0.5, 0.6) is 5.75 Å². The van der Waals surface area contributed by atoms with Gasteiger partial charge in [0.1, 0.15) is 12.3 Å². The maximum atomic E-state index is 12.2. The molecule has 1 amide bonds. The van der Waals surface area contributed by atoms with Crippen LogP contribution in [0.4, 0.5) is 5.69 Å². The second kappa shape index (κ2) is 8.37. The average molecular weight is 416 g/mol. The number of hydrogen-bond donors (Lipinski definition) is 1. The van der Waals surface area contributed by atoms with E-state index in [9.17, 15) is 13.2 Å². The lowest BCUT2D eigenvalue weighted by Gasteiger charge is -2.11. The molecule has 0 radical (unpaired) electrons. The molecular formula is C18H20N6O4S. The van der Waals surface area contributed by atoms with Crippen molar-refractivity contribution in [2.45, 2.75) is 11.4 Å². The lowest BCUT2D eigenvalue weighted by atomic mass is 10.2. The van der Waals surface area contributed by atoms with Gasteiger partial charge in [-0.3, -0.25) is 4.79 Å². The standard InChI is InChI=1S/C18H20N6O4S/c1-23(2)29(26,27)16-9-7-14(8-10-16)19-17(25)12-24-21-18(20-22-24)13-5-4-6-15(11-13)28-3/h4-11H,12H2,1-3H3,(H,19,25). The first-order chi connectivity index (χ1) is 13.8. The van der Waals surface area contributed by atoms with Gasteiger partial charge >= 0.3 is 0 Å². The molecule has 0 fully saturated rings. The molecule has 0 aliphatic carbocycles. The van der Waals surface area contributed by atoms with E-state index in [4.69, 9.17) is 4.74 Å². The number of methoxy groups -OCH3 is 1. The van der Waals surface area contributed by atoms with E-state index in [1.165, 1.54) is 43.2 Å². The van der Waals surface area contributed by atoms with E-state index in [-0.39, 0.29) is 17.3 Å². The summed E-state index contributed by atoms with van der Waals surface area (Å²) in [6.07, 6.45) is 0. The summed E-state index contributed by atoms with van der Waals surface area (Å²) in [6.45, 7) is -0.144. The molecule has 1 heterocycles. The Kier molecular flexibility index (Phi) is 5.89. The Balaban J connectivity index is 1.65. The van der Waals surface area contributed by atoms with Gasteiger partial charge in [-0.1, -0.05) is 12.1 Å². The van der Waals surface area contributed by atoms with Crippen LogP contribution < -0.4 is 10.1 Å². The Labute approximate surface area is 168 Å². The van der Waals surface area contributed by atoms with E-state index in [1.54, 1.807) is 19.2 Å². The number of nitrogens with one attached hydrogen (secondary N) is 1. The molecule has 0 bridgehead atoms. The number of anilines is 1. The maximum Gasteiger partial charge on any atom is 0.248 e. The first-order valence-corrected chi connectivity index (χ1v) is 9.98. The van der Waals surface area contributed by atoms with Crippen LogP contribution in [0.25, 0.3) is 11.4 Å². The number of aromatic nitrogens is 4. The molecule has 0 atom stereocenters. The predicted molar refractivity (Wildman–Crippen MR) is 106 cm³/mol. The van der Waals surface area contributed by atoms with Gasteiger partial charge in [0, 0.05) is 25.3 Å². The number of sulfonamides is 1. The summed E-state index contributed by atoms with van der Waals surface area (Å²) in [7, 11) is 0.954. The fraction of sp³-hybridized carbons (Fsp3) is 0.222. The van der Waals surface area contributed by atoms with Crippen LogP contribution in [0.3, 0.4) is 0 Å². The van der Waals surface area contributed by atoms with Crippen molar-refractivity contribution in [1.82, 2.24) is 24.5 Å². The molecule has 10 nitrogen and oxygen atoms in total. The molecule has 152 valence electrons. The third-order valence-corrected chi connectivity index (χ3v) is 5.81. The number of carbonyl (C=O) groups excluding carboxylic acids is 1. The summed E-state index contributed by atoms with van der Waals surface area (Å²) in [6, 6.07) is 13.1. The number of hydrogen-bond acceptors (Lipinski definition) is 7. The van der Waals surface area contributed by atoms with E-state index < -0.39 is 10.0 Å². The number of ether oxygens (including phenoxy) is 1. The van der Waals surface area contributed by atoms with Crippen molar-refractivity contribution in [2.75, 3.05) is 26.5 Å². The van der Waals surface area contributed by atoms with Crippen molar-refractivity contribution in [1.29, 1.82) is 0 Å². The SMILES string of the molecule is COc1cccc(-c2nnn(CC(=O)Nc3ccc(S(=O)(=O)N(C)C)cc3)n2)c1. The molecule has 0 saturated heterocycles. The van der Waals surface area contributed by atoms with Gasteiger partial charge in [0.2, 0.25) is 21.8 Å². The van der Waals surface area contributed by atoms with Crippen molar-refractivity contribution < 1.29 is 17.9 Å². The van der Waals surface area contributed by atoms with Gasteiger partial charge in [0.15, 0.2) is 0 Å². The molecule has 0 aliphatic rings. The summed E-state index contributed by atoms with van der Waals surface area (Å²) in [5.74, 6) is 0.661. The molecular weight excluding hydrogens is 396 g/mol. The molecule has 11 heteroatoms. The van der Waals surface area contributed by atoms with E-state index in [0.717, 1.165) is 4.31 Å². The number of rotatable bonds is 7. The summed E-state index contributed by atoms with van der Waals surface area (Å²) in [5, 5.41) is 14.7. The van der Waals surface area contributed by atoms with Gasteiger partial charge in [-0.25, -0.2) is 12.7 Å². The van der Waals surface area contributed by atoms with Crippen molar-refractivity contribution in [3.63, 3.8) is 0 Å². The quantitative estimate of drug-likeness (QED) is 0.615. The summed E-state index contributed by atoms with van der Waals surface area (Å²) < 4.78 is 30.4. The highest BCUT2D eigenvalue weighted by molar-refractivity contribution is 7.89. The number of carbonyl (C=O) groups is 1. The first-order valence-electron chi connectivity index (χ1n) is 8.54. The lowest BCUT2D eigenvalue weighted by molar-refractivity contribution is -0.117. The largest absolute Gasteiger partial charge is 0.497 e. The minimum absolute atomic E-state index is 0.140. The first kappa shape index (κ1) is 20.4. The third kappa shape index (κ3) is 4.76. The van der Waals surface area contributed by atoms with E-state index in [2.05, 4.69) is 20.7 Å². The van der Waals surface area contributed by atoms with Gasteiger partial charge in [0.25, 0.3) is 0 Å². The topological polar surface area (TPSA) is 119 Å². The Hall–Kier alpha value is -3.31. The van der Waals surface area contributed by atoms with Crippen LogP contribution in [0.15, 0.2) is 53.4 Å². The van der Waals surface area contributed by atoms with Crippen LogP contribution in [0.2, 0.25) is 0 Å². The summed E-state index contributed by atoms with van der Waals surface area (Å²) in [4.78, 5) is 13.5. The Morgan fingerprint density at radius 2 is 1.90 bits per heavy atom. The van der Waals surface area contributed by atoms with Crippen LogP contribution in [0, 0.1) is 0 Å². The zero-order valence-corrected chi connectivity index (χ0v) is 16.9. The number of amides is 1. The Morgan fingerprint density at radius 1 is 1.17 bits per heavy atom. The number of tetrazole rings is 1. The third-order valence-electron chi connectivity index (χ3n) is 3.98. The van der Waals surface area contributed by atoms with Gasteiger partial charge in [0.05, 0.1) is 12.0 Å². The average Bonchev–Trinajstić information content (AvgIpc) is 3.16. The molecule has 1 aromatic heterocycles. The smallest absolute Gasteiger partial charge is 0.248 e. The second-order valence-electron chi connectivity index (χ2n) is 6.24. The zero-order chi connectivity index (χ0) is 21.0. The molecule has 0 saturated carbocycles. The molecule has 2 aromatic carbocycles. The fourth-order valence-corrected chi connectivity index (χ4v) is 3.34. The van der Waals surface area contributed by atoms with Gasteiger partial charge in [-0.15, -0.1) is 10.2 Å². The maximum absolute atomic E-state index is 12.2. The van der Waals surface area contributed by atoms with Crippen LogP contribution in [-0.2, 0) is 21.4 Å². The highest BCUT2D eigenvalue weighted by Crippen LogP contribution is 2.20. The van der Waals surface area contributed by atoms with Gasteiger partial charge < -0.3 is 10.1 Å². The normalized spacial score (nSPS) is 11.4. The van der Waals surface area contributed by atoms with Crippen molar-refractivity contribution in [2.24, 2.45) is 0 Å². The zero-order valence-electron chi connectivity index (χ0n) is 16.1. The highest BCUT2D eigenvalue weighted by atomic mass is 32.2. The molecule has 29 heavy (non-hydrogen) atoms. The molecule has 0 aliphatic heterocycles. The summed E-state index contributed by atoms with van der Waals surface area (Å²) >= 11 is 0. The van der Waals surface area contributed by atoms with Crippen molar-refractivity contribution in [3.8, 4) is 17.1 Å². The van der Waals surface area contributed by atoms with Gasteiger partial charge in [-0.05, 0) is 41.6 Å².